The van der Waals surface area contributed by atoms with Gasteiger partial charge in [-0.3, -0.25) is 4.79 Å². The summed E-state index contributed by atoms with van der Waals surface area (Å²) in [5.74, 6) is 1.70. The van der Waals surface area contributed by atoms with Gasteiger partial charge in [-0.05, 0) is 42.9 Å². The topological polar surface area (TPSA) is 38.3 Å². The molecule has 2 unspecified atom stereocenters. The van der Waals surface area contributed by atoms with Gasteiger partial charge in [0.1, 0.15) is 5.75 Å². The van der Waals surface area contributed by atoms with Crippen molar-refractivity contribution >= 4 is 5.91 Å². The zero-order valence-electron chi connectivity index (χ0n) is 12.0. The Bertz CT molecular complexity index is 423. The first-order valence-corrected chi connectivity index (χ1v) is 7.10. The van der Waals surface area contributed by atoms with Crippen LogP contribution in [0.3, 0.4) is 0 Å². The molecule has 0 aromatic heterocycles. The number of benzene rings is 1. The third-order valence-corrected chi connectivity index (χ3v) is 3.93. The van der Waals surface area contributed by atoms with Crippen LogP contribution < -0.4 is 10.1 Å². The second kappa shape index (κ2) is 6.09. The largest absolute Gasteiger partial charge is 0.497 e. The number of rotatable bonds is 6. The van der Waals surface area contributed by atoms with Crippen molar-refractivity contribution < 1.29 is 9.53 Å². The fourth-order valence-corrected chi connectivity index (χ4v) is 2.20. The van der Waals surface area contributed by atoms with Crippen LogP contribution in [0.25, 0.3) is 0 Å². The van der Waals surface area contributed by atoms with E-state index in [1.54, 1.807) is 7.11 Å². The van der Waals surface area contributed by atoms with Crippen LogP contribution in [0.2, 0.25) is 0 Å². The molecule has 2 rings (SSSR count). The van der Waals surface area contributed by atoms with E-state index in [1.807, 2.05) is 26.0 Å². The molecule has 0 bridgehead atoms. The highest BCUT2D eigenvalue weighted by Gasteiger charge is 2.33. The van der Waals surface area contributed by atoms with Gasteiger partial charge in [-0.25, -0.2) is 0 Å². The monoisotopic (exact) mass is 261 g/mol. The molecule has 3 nitrogen and oxygen atoms in total. The van der Waals surface area contributed by atoms with Gasteiger partial charge < -0.3 is 10.1 Å². The van der Waals surface area contributed by atoms with Crippen LogP contribution in [0.5, 0.6) is 5.75 Å². The molecule has 104 valence electrons. The fraction of sp³-hybridized carbons (Fsp3) is 0.562. The number of amides is 1. The summed E-state index contributed by atoms with van der Waals surface area (Å²) in [4.78, 5) is 12.1. The lowest BCUT2D eigenvalue weighted by atomic mass is 10.0. The van der Waals surface area contributed by atoms with E-state index in [0.29, 0.717) is 5.92 Å². The maximum absolute atomic E-state index is 12.1. The summed E-state index contributed by atoms with van der Waals surface area (Å²) in [6, 6.07) is 8.19. The second-order valence-electron chi connectivity index (χ2n) is 5.41. The van der Waals surface area contributed by atoms with E-state index in [2.05, 4.69) is 17.4 Å². The van der Waals surface area contributed by atoms with E-state index < -0.39 is 0 Å². The predicted octanol–water partition coefficient (Wildman–Crippen LogP) is 3.31. The van der Waals surface area contributed by atoms with Gasteiger partial charge in [0.15, 0.2) is 0 Å². The number of carbonyl (C=O) groups is 1. The van der Waals surface area contributed by atoms with E-state index in [4.69, 9.17) is 4.74 Å². The molecule has 1 amide bonds. The van der Waals surface area contributed by atoms with Crippen LogP contribution in [0.1, 0.15) is 44.7 Å². The van der Waals surface area contributed by atoms with Crippen LogP contribution in [-0.4, -0.2) is 13.0 Å². The Balaban J connectivity index is 2.08. The fourth-order valence-electron chi connectivity index (χ4n) is 2.20. The molecule has 1 saturated carbocycles. The Morgan fingerprint density at radius 3 is 2.47 bits per heavy atom. The Hall–Kier alpha value is -1.51. The molecule has 1 N–H and O–H groups in total. The van der Waals surface area contributed by atoms with Crippen molar-refractivity contribution in [3.8, 4) is 5.75 Å². The number of methoxy groups -OCH3 is 1. The Labute approximate surface area is 115 Å². The maximum Gasteiger partial charge on any atom is 0.223 e. The first-order valence-electron chi connectivity index (χ1n) is 7.10. The number of ether oxygens (including phenoxy) is 1. The van der Waals surface area contributed by atoms with Gasteiger partial charge in [-0.15, -0.1) is 0 Å². The molecule has 0 heterocycles. The quantitative estimate of drug-likeness (QED) is 0.853. The van der Waals surface area contributed by atoms with Gasteiger partial charge in [-0.2, -0.15) is 0 Å². The van der Waals surface area contributed by atoms with Crippen molar-refractivity contribution in [1.82, 2.24) is 5.32 Å². The van der Waals surface area contributed by atoms with E-state index in [9.17, 15) is 4.79 Å². The van der Waals surface area contributed by atoms with Gasteiger partial charge in [0.25, 0.3) is 0 Å². The standard InChI is InChI=1S/C16H23NO2/c1-4-11(2)16(18)17-15(12-5-6-12)13-7-9-14(19-3)10-8-13/h7-12,15H,4-6H2,1-3H3,(H,17,18). The molecule has 1 fully saturated rings. The molecule has 0 aliphatic heterocycles. The minimum atomic E-state index is 0.0829. The van der Waals surface area contributed by atoms with E-state index >= 15 is 0 Å². The van der Waals surface area contributed by atoms with E-state index in [1.165, 1.54) is 18.4 Å². The lowest BCUT2D eigenvalue weighted by Crippen LogP contribution is -2.33. The van der Waals surface area contributed by atoms with Crippen molar-refractivity contribution in [2.75, 3.05) is 7.11 Å². The Kier molecular flexibility index (Phi) is 4.46. The van der Waals surface area contributed by atoms with Gasteiger partial charge in [0.2, 0.25) is 5.91 Å². The van der Waals surface area contributed by atoms with Crippen molar-refractivity contribution in [2.24, 2.45) is 11.8 Å². The van der Waals surface area contributed by atoms with Crippen molar-refractivity contribution in [3.63, 3.8) is 0 Å². The summed E-state index contributed by atoms with van der Waals surface area (Å²) in [7, 11) is 1.66. The van der Waals surface area contributed by atoms with Gasteiger partial charge in [0.05, 0.1) is 13.2 Å². The minimum absolute atomic E-state index is 0.0829. The smallest absolute Gasteiger partial charge is 0.223 e. The zero-order chi connectivity index (χ0) is 13.8. The zero-order valence-corrected chi connectivity index (χ0v) is 12.0. The number of carbonyl (C=O) groups excluding carboxylic acids is 1. The molecule has 1 aliphatic carbocycles. The number of nitrogens with one attached hydrogen (secondary N) is 1. The summed E-state index contributed by atoms with van der Waals surface area (Å²) >= 11 is 0. The van der Waals surface area contributed by atoms with Gasteiger partial charge >= 0.3 is 0 Å². The van der Waals surface area contributed by atoms with Crippen LogP contribution >= 0.6 is 0 Å². The minimum Gasteiger partial charge on any atom is -0.497 e. The third-order valence-electron chi connectivity index (χ3n) is 3.93. The molecule has 0 saturated heterocycles. The van der Waals surface area contributed by atoms with E-state index in [0.717, 1.165) is 12.2 Å². The summed E-state index contributed by atoms with van der Waals surface area (Å²) in [6.07, 6.45) is 3.29. The molecule has 1 aromatic rings. The van der Waals surface area contributed by atoms with Crippen LogP contribution in [-0.2, 0) is 4.79 Å². The van der Waals surface area contributed by atoms with Crippen LogP contribution in [0, 0.1) is 11.8 Å². The van der Waals surface area contributed by atoms with Crippen molar-refractivity contribution in [3.05, 3.63) is 29.8 Å². The molecule has 0 spiro atoms. The molecule has 0 radical (unpaired) electrons. The maximum atomic E-state index is 12.1. The van der Waals surface area contributed by atoms with Crippen LogP contribution in [0.4, 0.5) is 0 Å². The first-order chi connectivity index (χ1) is 9.15. The average Bonchev–Trinajstić information content (AvgIpc) is 3.28. The molecular weight excluding hydrogens is 238 g/mol. The van der Waals surface area contributed by atoms with Crippen molar-refractivity contribution in [1.29, 1.82) is 0 Å². The molecule has 1 aromatic carbocycles. The molecule has 19 heavy (non-hydrogen) atoms. The van der Waals surface area contributed by atoms with Gasteiger partial charge in [-0.1, -0.05) is 26.0 Å². The highest BCUT2D eigenvalue weighted by atomic mass is 16.5. The molecule has 1 aliphatic rings. The SMILES string of the molecule is CCC(C)C(=O)NC(c1ccc(OC)cc1)C1CC1. The summed E-state index contributed by atoms with van der Waals surface area (Å²) in [5.41, 5.74) is 1.18. The summed E-state index contributed by atoms with van der Waals surface area (Å²) in [6.45, 7) is 4.02. The third kappa shape index (κ3) is 3.49. The lowest BCUT2D eigenvalue weighted by Gasteiger charge is -2.21. The number of hydrogen-bond acceptors (Lipinski definition) is 2. The van der Waals surface area contributed by atoms with Crippen LogP contribution in [0.15, 0.2) is 24.3 Å². The normalized spacial score (nSPS) is 17.6. The average molecular weight is 261 g/mol. The molecule has 2 atom stereocenters. The lowest BCUT2D eigenvalue weighted by molar-refractivity contribution is -0.125. The predicted molar refractivity (Wildman–Crippen MR) is 76.1 cm³/mol. The highest BCUT2D eigenvalue weighted by molar-refractivity contribution is 5.78. The number of hydrogen-bond donors (Lipinski definition) is 1. The van der Waals surface area contributed by atoms with Gasteiger partial charge in [0, 0.05) is 5.92 Å². The summed E-state index contributed by atoms with van der Waals surface area (Å²) in [5, 5.41) is 3.20. The molecular formula is C16H23NO2. The second-order valence-corrected chi connectivity index (χ2v) is 5.41. The Morgan fingerprint density at radius 1 is 1.37 bits per heavy atom. The van der Waals surface area contributed by atoms with E-state index in [-0.39, 0.29) is 17.9 Å². The first kappa shape index (κ1) is 13.9. The molecule has 3 heteroatoms. The highest BCUT2D eigenvalue weighted by Crippen LogP contribution is 2.41. The van der Waals surface area contributed by atoms with Crippen molar-refractivity contribution in [2.45, 2.75) is 39.2 Å². The Morgan fingerprint density at radius 2 is 2.00 bits per heavy atom. The summed E-state index contributed by atoms with van der Waals surface area (Å²) < 4.78 is 5.17.